The highest BCUT2D eigenvalue weighted by Gasteiger charge is 2.11. The topological polar surface area (TPSA) is 56.1 Å². The van der Waals surface area contributed by atoms with Gasteiger partial charge in [-0.15, -0.1) is 0 Å². The van der Waals surface area contributed by atoms with Gasteiger partial charge in [-0.1, -0.05) is 54.1 Å². The van der Waals surface area contributed by atoms with Crippen LogP contribution < -0.4 is 10.1 Å². The summed E-state index contributed by atoms with van der Waals surface area (Å²) in [5.41, 5.74) is 4.17. The average molecular weight is 476 g/mol. The number of nitrogens with one attached hydrogen (secondary N) is 1. The molecule has 0 fully saturated rings. The van der Waals surface area contributed by atoms with Crippen molar-refractivity contribution in [2.45, 2.75) is 39.2 Å². The van der Waals surface area contributed by atoms with Crippen molar-refractivity contribution >= 4 is 28.5 Å². The van der Waals surface area contributed by atoms with E-state index in [-0.39, 0.29) is 5.91 Å². The summed E-state index contributed by atoms with van der Waals surface area (Å²) in [4.78, 5) is 17.1. The molecule has 0 bridgehead atoms. The quantitative estimate of drug-likeness (QED) is 0.281. The Bertz CT molecular complexity index is 1250. The Morgan fingerprint density at radius 1 is 1.03 bits per heavy atom. The van der Waals surface area contributed by atoms with E-state index in [9.17, 15) is 4.79 Å². The predicted octanol–water partition coefficient (Wildman–Crippen LogP) is 5.76. The molecule has 1 amide bonds. The standard InChI is InChI=1S/C28H30ClN3O2/c1-21-9-6-11-23(19-21)34-18-8-17-32-26-14-5-4-13-25(26)31-27(32)15-7-16-30-28(33)20-22-10-2-3-12-24(22)29/h2-6,9-14,19H,7-8,15-18,20H2,1H3,(H,30,33). The van der Waals surface area contributed by atoms with Crippen LogP contribution in [0.15, 0.2) is 72.8 Å². The van der Waals surface area contributed by atoms with Crippen LogP contribution in [0.1, 0.15) is 29.8 Å². The predicted molar refractivity (Wildman–Crippen MR) is 138 cm³/mol. The first-order chi connectivity index (χ1) is 16.6. The Hall–Kier alpha value is -3.31. The second-order valence-corrected chi connectivity index (χ2v) is 8.82. The van der Waals surface area contributed by atoms with Gasteiger partial charge >= 0.3 is 0 Å². The average Bonchev–Trinajstić information content (AvgIpc) is 3.18. The van der Waals surface area contributed by atoms with Crippen LogP contribution in [0.5, 0.6) is 5.75 Å². The Morgan fingerprint density at radius 2 is 1.85 bits per heavy atom. The molecule has 1 heterocycles. The van der Waals surface area contributed by atoms with E-state index in [0.29, 0.717) is 24.6 Å². The van der Waals surface area contributed by atoms with E-state index in [1.807, 2.05) is 48.5 Å². The number of aromatic nitrogens is 2. The molecule has 1 N–H and O–H groups in total. The number of aryl methyl sites for hydroxylation is 3. The molecule has 0 radical (unpaired) electrons. The van der Waals surface area contributed by atoms with E-state index in [1.54, 1.807) is 6.07 Å². The van der Waals surface area contributed by atoms with Gasteiger partial charge in [-0.3, -0.25) is 4.79 Å². The van der Waals surface area contributed by atoms with Gasteiger partial charge in [-0.2, -0.15) is 0 Å². The maximum absolute atomic E-state index is 12.3. The van der Waals surface area contributed by atoms with Crippen LogP contribution in [0.3, 0.4) is 0 Å². The van der Waals surface area contributed by atoms with Crippen molar-refractivity contribution in [1.29, 1.82) is 0 Å². The van der Waals surface area contributed by atoms with E-state index >= 15 is 0 Å². The van der Waals surface area contributed by atoms with E-state index in [1.165, 1.54) is 5.56 Å². The highest BCUT2D eigenvalue weighted by Crippen LogP contribution is 2.19. The first-order valence-corrected chi connectivity index (χ1v) is 12.1. The van der Waals surface area contributed by atoms with Crippen LogP contribution in [0.25, 0.3) is 11.0 Å². The van der Waals surface area contributed by atoms with Gasteiger partial charge < -0.3 is 14.6 Å². The second-order valence-electron chi connectivity index (χ2n) is 8.41. The highest BCUT2D eigenvalue weighted by molar-refractivity contribution is 6.31. The number of benzene rings is 3. The number of imidazole rings is 1. The molecule has 0 aliphatic carbocycles. The smallest absolute Gasteiger partial charge is 0.224 e. The molecular formula is C28H30ClN3O2. The first kappa shape index (κ1) is 23.8. The third-order valence-electron chi connectivity index (χ3n) is 5.73. The molecule has 1 aromatic heterocycles. The van der Waals surface area contributed by atoms with Crippen molar-refractivity contribution in [2.24, 2.45) is 0 Å². The van der Waals surface area contributed by atoms with E-state index in [0.717, 1.165) is 54.0 Å². The largest absolute Gasteiger partial charge is 0.494 e. The fourth-order valence-corrected chi connectivity index (χ4v) is 4.24. The molecular weight excluding hydrogens is 446 g/mol. The summed E-state index contributed by atoms with van der Waals surface area (Å²) in [7, 11) is 0. The van der Waals surface area contributed by atoms with Crippen molar-refractivity contribution in [1.82, 2.24) is 14.9 Å². The van der Waals surface area contributed by atoms with Crippen molar-refractivity contribution in [2.75, 3.05) is 13.2 Å². The molecule has 0 saturated heterocycles. The minimum Gasteiger partial charge on any atom is -0.494 e. The number of nitrogens with zero attached hydrogens (tertiary/aromatic N) is 2. The molecule has 0 aliphatic heterocycles. The molecule has 34 heavy (non-hydrogen) atoms. The van der Waals surface area contributed by atoms with Crippen LogP contribution in [0.2, 0.25) is 5.02 Å². The molecule has 3 aromatic carbocycles. The number of hydrogen-bond acceptors (Lipinski definition) is 3. The van der Waals surface area contributed by atoms with Crippen LogP contribution in [0, 0.1) is 6.92 Å². The maximum Gasteiger partial charge on any atom is 0.224 e. The van der Waals surface area contributed by atoms with E-state index < -0.39 is 0 Å². The zero-order valence-electron chi connectivity index (χ0n) is 19.5. The van der Waals surface area contributed by atoms with Crippen LogP contribution in [-0.2, 0) is 24.2 Å². The summed E-state index contributed by atoms with van der Waals surface area (Å²) < 4.78 is 8.21. The van der Waals surface area contributed by atoms with Crippen molar-refractivity contribution < 1.29 is 9.53 Å². The molecule has 0 spiro atoms. The highest BCUT2D eigenvalue weighted by atomic mass is 35.5. The van der Waals surface area contributed by atoms with Gasteiger partial charge in [0.15, 0.2) is 0 Å². The summed E-state index contributed by atoms with van der Waals surface area (Å²) in [5.74, 6) is 1.93. The van der Waals surface area contributed by atoms with E-state index in [2.05, 4.69) is 35.0 Å². The number of ether oxygens (including phenoxy) is 1. The SMILES string of the molecule is Cc1cccc(OCCCn2c(CCCNC(=O)Cc3ccccc3Cl)nc3ccccc32)c1. The number of para-hydroxylation sites is 2. The Balaban J connectivity index is 1.30. The van der Waals surface area contributed by atoms with Gasteiger partial charge in [-0.25, -0.2) is 4.98 Å². The van der Waals surface area contributed by atoms with Crippen molar-refractivity contribution in [3.63, 3.8) is 0 Å². The van der Waals surface area contributed by atoms with Gasteiger partial charge in [0.1, 0.15) is 11.6 Å². The van der Waals surface area contributed by atoms with Gasteiger partial charge in [0.05, 0.1) is 24.1 Å². The minimum atomic E-state index is -0.0186. The number of rotatable bonds is 11. The number of halogens is 1. The van der Waals surface area contributed by atoms with Crippen LogP contribution in [0.4, 0.5) is 0 Å². The fourth-order valence-electron chi connectivity index (χ4n) is 4.04. The lowest BCUT2D eigenvalue weighted by atomic mass is 10.1. The number of amides is 1. The monoisotopic (exact) mass is 475 g/mol. The lowest BCUT2D eigenvalue weighted by Crippen LogP contribution is -2.26. The molecule has 0 aliphatic rings. The summed E-state index contributed by atoms with van der Waals surface area (Å²) >= 11 is 6.16. The molecule has 6 heteroatoms. The number of carbonyl (C=O) groups excluding carboxylic acids is 1. The summed E-state index contributed by atoms with van der Waals surface area (Å²) in [6.07, 6.45) is 2.78. The Kier molecular flexibility index (Phi) is 8.21. The number of hydrogen-bond donors (Lipinski definition) is 1. The second kappa shape index (κ2) is 11.7. The molecule has 0 saturated carbocycles. The normalized spacial score (nSPS) is 11.0. The molecule has 5 nitrogen and oxygen atoms in total. The third-order valence-corrected chi connectivity index (χ3v) is 6.09. The number of fused-ring (bicyclic) bond motifs is 1. The van der Waals surface area contributed by atoms with Gasteiger partial charge in [-0.05, 0) is 61.2 Å². The molecule has 176 valence electrons. The molecule has 4 aromatic rings. The summed E-state index contributed by atoms with van der Waals surface area (Å²) in [5, 5.41) is 3.63. The van der Waals surface area contributed by atoms with Gasteiger partial charge in [0.2, 0.25) is 5.91 Å². The third kappa shape index (κ3) is 6.39. The molecule has 4 rings (SSSR count). The minimum absolute atomic E-state index is 0.0186. The summed E-state index contributed by atoms with van der Waals surface area (Å²) in [6.45, 7) is 4.15. The van der Waals surface area contributed by atoms with Gasteiger partial charge in [0.25, 0.3) is 0 Å². The zero-order valence-corrected chi connectivity index (χ0v) is 20.2. The maximum atomic E-state index is 12.3. The van der Waals surface area contributed by atoms with Crippen molar-refractivity contribution in [3.05, 3.63) is 94.8 Å². The number of carbonyl (C=O) groups is 1. The Labute approximate surface area is 205 Å². The lowest BCUT2D eigenvalue weighted by Gasteiger charge is -2.11. The van der Waals surface area contributed by atoms with E-state index in [4.69, 9.17) is 21.3 Å². The molecule has 0 atom stereocenters. The first-order valence-electron chi connectivity index (χ1n) is 11.7. The summed E-state index contributed by atoms with van der Waals surface area (Å²) in [6, 6.07) is 23.8. The van der Waals surface area contributed by atoms with Crippen LogP contribution >= 0.6 is 11.6 Å². The van der Waals surface area contributed by atoms with Crippen molar-refractivity contribution in [3.8, 4) is 5.75 Å². The lowest BCUT2D eigenvalue weighted by molar-refractivity contribution is -0.120. The fraction of sp³-hybridized carbons (Fsp3) is 0.286. The zero-order chi connectivity index (χ0) is 23.8. The molecule has 0 unspecified atom stereocenters. The van der Waals surface area contributed by atoms with Gasteiger partial charge in [0, 0.05) is 24.5 Å². The van der Waals surface area contributed by atoms with Crippen LogP contribution in [-0.4, -0.2) is 28.6 Å². The Morgan fingerprint density at radius 3 is 2.71 bits per heavy atom.